The number of hydrogen-bond donors (Lipinski definition) is 1. The molecule has 1 atom stereocenters. The maximum atomic E-state index is 12.5. The summed E-state index contributed by atoms with van der Waals surface area (Å²) in [5.74, 6) is -0.571. The van der Waals surface area contributed by atoms with Gasteiger partial charge in [0.15, 0.2) is 11.2 Å². The summed E-state index contributed by atoms with van der Waals surface area (Å²) >= 11 is 0. The molecule has 3 heterocycles. The van der Waals surface area contributed by atoms with Gasteiger partial charge < -0.3 is 24.4 Å². The van der Waals surface area contributed by atoms with E-state index in [0.29, 0.717) is 18.5 Å². The number of primary amides is 1. The van der Waals surface area contributed by atoms with Crippen LogP contribution in [0.5, 0.6) is 0 Å². The molecule has 2 aromatic carbocycles. The molecule has 1 unspecified atom stereocenters. The first-order valence-corrected chi connectivity index (χ1v) is 11.9. The molecule has 0 aliphatic carbocycles. The molecule has 0 bridgehead atoms. The maximum absolute atomic E-state index is 12.5. The van der Waals surface area contributed by atoms with Gasteiger partial charge in [-0.25, -0.2) is 9.59 Å². The van der Waals surface area contributed by atoms with E-state index in [1.807, 2.05) is 23.1 Å². The van der Waals surface area contributed by atoms with Crippen molar-refractivity contribution < 1.29 is 18.4 Å². The highest BCUT2D eigenvalue weighted by Gasteiger charge is 2.30. The number of rotatable bonds is 6. The Balaban J connectivity index is 1.37. The van der Waals surface area contributed by atoms with E-state index in [4.69, 9.17) is 14.6 Å². The van der Waals surface area contributed by atoms with Crippen molar-refractivity contribution in [3.05, 3.63) is 73.9 Å². The number of piperidine rings is 1. The summed E-state index contributed by atoms with van der Waals surface area (Å²) in [5, 5.41) is 0. The predicted octanol–water partition coefficient (Wildman–Crippen LogP) is 2.39. The Labute approximate surface area is 201 Å². The minimum absolute atomic E-state index is 0.103. The van der Waals surface area contributed by atoms with Crippen molar-refractivity contribution in [2.24, 2.45) is 5.73 Å². The number of amides is 2. The van der Waals surface area contributed by atoms with Crippen LogP contribution in [0.15, 0.2) is 54.8 Å². The molecule has 2 fully saturated rings. The Hall–Kier alpha value is -3.72. The summed E-state index contributed by atoms with van der Waals surface area (Å²) in [6.07, 6.45) is 4.05. The standard InChI is InChI=1S/C26H27N3O6/c27-24(31)18-8-9-20-23(35-26(33)25(32)34-20)22(18)17-11-14-28(15-17)13-10-16-5-1-2-6-19(16)29-12-4-3-7-21(29)30/h1-2,5-6,8-9,17H,3-4,7,10-15H2,(H2,27,31). The average molecular weight is 478 g/mol. The summed E-state index contributed by atoms with van der Waals surface area (Å²) in [6.45, 7) is 2.93. The minimum Gasteiger partial charge on any atom is -0.414 e. The average Bonchev–Trinajstić information content (AvgIpc) is 3.32. The third-order valence-electron chi connectivity index (χ3n) is 6.97. The van der Waals surface area contributed by atoms with Gasteiger partial charge in [-0.15, -0.1) is 0 Å². The maximum Gasteiger partial charge on any atom is 0.423 e. The van der Waals surface area contributed by atoms with E-state index in [1.165, 1.54) is 12.1 Å². The number of benzene rings is 2. The fourth-order valence-corrected chi connectivity index (χ4v) is 5.26. The second-order valence-electron chi connectivity index (χ2n) is 9.16. The van der Waals surface area contributed by atoms with Gasteiger partial charge >= 0.3 is 11.3 Å². The van der Waals surface area contributed by atoms with E-state index in [0.717, 1.165) is 56.6 Å². The molecule has 2 N–H and O–H groups in total. The normalized spacial score (nSPS) is 18.9. The van der Waals surface area contributed by atoms with Crippen LogP contribution < -0.4 is 21.9 Å². The number of nitrogens with zero attached hydrogens (tertiary/aromatic N) is 2. The number of fused-ring (bicyclic) bond motifs is 1. The Morgan fingerprint density at radius 2 is 1.80 bits per heavy atom. The van der Waals surface area contributed by atoms with Gasteiger partial charge in [0.05, 0.1) is 0 Å². The van der Waals surface area contributed by atoms with Crippen molar-refractivity contribution in [3.8, 4) is 0 Å². The van der Waals surface area contributed by atoms with E-state index in [-0.39, 0.29) is 28.6 Å². The number of likely N-dealkylation sites (tertiary alicyclic amines) is 1. The first kappa shape index (κ1) is 23.0. The molecule has 182 valence electrons. The highest BCUT2D eigenvalue weighted by molar-refractivity contribution is 5.98. The summed E-state index contributed by atoms with van der Waals surface area (Å²) in [7, 11) is 0. The van der Waals surface area contributed by atoms with Crippen LogP contribution in [0.25, 0.3) is 11.2 Å². The highest BCUT2D eigenvalue weighted by Crippen LogP contribution is 2.35. The van der Waals surface area contributed by atoms with Gasteiger partial charge in [-0.1, -0.05) is 18.2 Å². The molecule has 0 saturated carbocycles. The zero-order chi connectivity index (χ0) is 24.5. The quantitative estimate of drug-likeness (QED) is 0.540. The van der Waals surface area contributed by atoms with Crippen LogP contribution in [0.4, 0.5) is 5.69 Å². The zero-order valence-electron chi connectivity index (χ0n) is 19.3. The molecule has 5 rings (SSSR count). The molecule has 2 aliphatic rings. The predicted molar refractivity (Wildman–Crippen MR) is 130 cm³/mol. The molecule has 3 aromatic rings. The molecule has 9 heteroatoms. The van der Waals surface area contributed by atoms with Crippen LogP contribution in [0.3, 0.4) is 0 Å². The smallest absolute Gasteiger partial charge is 0.414 e. The second-order valence-corrected chi connectivity index (χ2v) is 9.16. The molecular weight excluding hydrogens is 450 g/mol. The summed E-state index contributed by atoms with van der Waals surface area (Å²) in [5.41, 5.74) is 6.51. The van der Waals surface area contributed by atoms with Gasteiger partial charge in [0.2, 0.25) is 11.8 Å². The van der Waals surface area contributed by atoms with Crippen LogP contribution in [0, 0.1) is 0 Å². The number of para-hydroxylation sites is 1. The molecule has 0 spiro atoms. The largest absolute Gasteiger partial charge is 0.423 e. The Morgan fingerprint density at radius 3 is 2.60 bits per heavy atom. The monoisotopic (exact) mass is 477 g/mol. The minimum atomic E-state index is -1.11. The van der Waals surface area contributed by atoms with E-state index in [9.17, 15) is 19.2 Å². The molecule has 2 saturated heterocycles. The lowest BCUT2D eigenvalue weighted by Crippen LogP contribution is -2.36. The third-order valence-corrected chi connectivity index (χ3v) is 6.97. The molecule has 9 nitrogen and oxygen atoms in total. The van der Waals surface area contributed by atoms with Crippen LogP contribution in [0.2, 0.25) is 0 Å². The number of carbonyl (C=O) groups is 2. The van der Waals surface area contributed by atoms with Gasteiger partial charge in [-0.05, 0) is 56.0 Å². The van der Waals surface area contributed by atoms with Gasteiger partial charge in [-0.3, -0.25) is 9.59 Å². The molecule has 35 heavy (non-hydrogen) atoms. The number of hydrogen-bond acceptors (Lipinski definition) is 7. The van der Waals surface area contributed by atoms with Crippen LogP contribution >= 0.6 is 0 Å². The van der Waals surface area contributed by atoms with Crippen LogP contribution in [0.1, 0.15) is 53.1 Å². The fourth-order valence-electron chi connectivity index (χ4n) is 5.26. The lowest BCUT2D eigenvalue weighted by Gasteiger charge is -2.29. The zero-order valence-corrected chi connectivity index (χ0v) is 19.3. The summed E-state index contributed by atoms with van der Waals surface area (Å²) in [4.78, 5) is 52.3. The van der Waals surface area contributed by atoms with Crippen molar-refractivity contribution in [2.75, 3.05) is 31.1 Å². The second kappa shape index (κ2) is 9.50. The fraction of sp³-hybridized carbons (Fsp3) is 0.385. The van der Waals surface area contributed by atoms with E-state index < -0.39 is 17.2 Å². The van der Waals surface area contributed by atoms with Crippen molar-refractivity contribution in [3.63, 3.8) is 0 Å². The van der Waals surface area contributed by atoms with Crippen molar-refractivity contribution in [1.82, 2.24) is 4.90 Å². The van der Waals surface area contributed by atoms with E-state index >= 15 is 0 Å². The SMILES string of the molecule is NC(=O)c1ccc2oc(=O)c(=O)oc2c1C1CCN(CCc2ccccc2N2CCCCC2=O)C1. The van der Waals surface area contributed by atoms with Gasteiger partial charge in [0.1, 0.15) is 0 Å². The third kappa shape index (κ3) is 4.51. The Kier molecular flexibility index (Phi) is 6.25. The van der Waals surface area contributed by atoms with Crippen molar-refractivity contribution in [1.29, 1.82) is 0 Å². The van der Waals surface area contributed by atoms with Gasteiger partial charge in [0, 0.05) is 48.8 Å². The molecule has 2 aliphatic heterocycles. The lowest BCUT2D eigenvalue weighted by atomic mass is 9.92. The summed E-state index contributed by atoms with van der Waals surface area (Å²) in [6, 6.07) is 11.0. The molecule has 2 amide bonds. The lowest BCUT2D eigenvalue weighted by molar-refractivity contribution is -0.119. The number of anilines is 1. The highest BCUT2D eigenvalue weighted by atomic mass is 16.5. The Morgan fingerprint density at radius 1 is 1.00 bits per heavy atom. The van der Waals surface area contributed by atoms with Gasteiger partial charge in [-0.2, -0.15) is 0 Å². The topological polar surface area (TPSA) is 127 Å². The van der Waals surface area contributed by atoms with E-state index in [2.05, 4.69) is 11.0 Å². The van der Waals surface area contributed by atoms with Crippen molar-refractivity contribution >= 4 is 28.7 Å². The van der Waals surface area contributed by atoms with Crippen molar-refractivity contribution in [2.45, 2.75) is 38.0 Å². The van der Waals surface area contributed by atoms with E-state index in [1.54, 1.807) is 0 Å². The molecule has 0 radical (unpaired) electrons. The number of nitrogens with two attached hydrogens (primary N) is 1. The molecule has 1 aromatic heterocycles. The Bertz CT molecular complexity index is 1410. The number of carbonyl (C=O) groups excluding carboxylic acids is 2. The van der Waals surface area contributed by atoms with Crippen LogP contribution in [-0.4, -0.2) is 42.9 Å². The first-order valence-electron chi connectivity index (χ1n) is 11.9. The van der Waals surface area contributed by atoms with Gasteiger partial charge in [0.25, 0.3) is 0 Å². The molecular formula is C26H27N3O6. The summed E-state index contributed by atoms with van der Waals surface area (Å²) < 4.78 is 10.3. The first-order chi connectivity index (χ1) is 16.9. The van der Waals surface area contributed by atoms with Crippen LogP contribution in [-0.2, 0) is 11.2 Å².